The summed E-state index contributed by atoms with van der Waals surface area (Å²) in [5.41, 5.74) is 2.06. The highest BCUT2D eigenvalue weighted by atomic mass is 16.4. The summed E-state index contributed by atoms with van der Waals surface area (Å²) in [7, 11) is 0. The van der Waals surface area contributed by atoms with Gasteiger partial charge in [0.25, 0.3) is 0 Å². The zero-order valence-electron chi connectivity index (χ0n) is 10.4. The van der Waals surface area contributed by atoms with Gasteiger partial charge in [0.15, 0.2) is 0 Å². The summed E-state index contributed by atoms with van der Waals surface area (Å²) in [5, 5.41) is 18.6. The molecule has 1 atom stereocenters. The number of aryl methyl sites for hydroxylation is 1. The second kappa shape index (κ2) is 6.28. The van der Waals surface area contributed by atoms with Gasteiger partial charge in [-0.2, -0.15) is 0 Å². The van der Waals surface area contributed by atoms with Gasteiger partial charge in [0, 0.05) is 6.42 Å². The summed E-state index contributed by atoms with van der Waals surface area (Å²) in [6, 6.07) is 5.60. The van der Waals surface area contributed by atoms with E-state index in [9.17, 15) is 9.90 Å². The first-order chi connectivity index (χ1) is 8.08. The molecule has 0 radical (unpaired) electrons. The van der Waals surface area contributed by atoms with Crippen molar-refractivity contribution in [3.8, 4) is 5.75 Å². The molecule has 1 aromatic rings. The highest BCUT2D eigenvalue weighted by Crippen LogP contribution is 2.32. The first-order valence-electron chi connectivity index (χ1n) is 6.12. The number of phenolic OH excluding ortho intramolecular Hbond substituents is 1. The van der Waals surface area contributed by atoms with Crippen LogP contribution < -0.4 is 0 Å². The fraction of sp³-hybridized carbons (Fsp3) is 0.500. The minimum atomic E-state index is -0.783. The first-order valence-corrected chi connectivity index (χ1v) is 6.12. The lowest BCUT2D eigenvalue weighted by Crippen LogP contribution is -2.03. The zero-order chi connectivity index (χ0) is 12.8. The standard InChI is InChI=1S/C14H20O3/c1-3-10-5-7-13(15)12(9-10)11(4-2)6-8-14(16)17/h5,7,9,11,15H,3-4,6,8H2,1-2H3,(H,16,17). The van der Waals surface area contributed by atoms with Crippen LogP contribution in [0.3, 0.4) is 0 Å². The number of aromatic hydroxyl groups is 1. The van der Waals surface area contributed by atoms with E-state index in [0.717, 1.165) is 18.4 Å². The van der Waals surface area contributed by atoms with Gasteiger partial charge in [-0.1, -0.05) is 26.0 Å². The third-order valence-corrected chi connectivity index (χ3v) is 3.14. The smallest absolute Gasteiger partial charge is 0.303 e. The Morgan fingerprint density at radius 3 is 2.59 bits per heavy atom. The molecule has 0 fully saturated rings. The molecule has 0 bridgehead atoms. The van der Waals surface area contributed by atoms with Crippen molar-refractivity contribution in [1.82, 2.24) is 0 Å². The van der Waals surface area contributed by atoms with E-state index in [1.54, 1.807) is 6.07 Å². The van der Waals surface area contributed by atoms with Crippen LogP contribution in [0.2, 0.25) is 0 Å². The molecule has 0 aliphatic rings. The molecule has 2 N–H and O–H groups in total. The highest BCUT2D eigenvalue weighted by Gasteiger charge is 2.15. The van der Waals surface area contributed by atoms with E-state index in [-0.39, 0.29) is 18.1 Å². The Labute approximate surface area is 102 Å². The van der Waals surface area contributed by atoms with E-state index < -0.39 is 5.97 Å². The van der Waals surface area contributed by atoms with E-state index in [1.165, 1.54) is 5.56 Å². The number of carboxylic acids is 1. The Kier molecular flexibility index (Phi) is 5.01. The fourth-order valence-corrected chi connectivity index (χ4v) is 2.03. The van der Waals surface area contributed by atoms with Crippen molar-refractivity contribution < 1.29 is 15.0 Å². The predicted molar refractivity (Wildman–Crippen MR) is 67.4 cm³/mol. The lowest BCUT2D eigenvalue weighted by atomic mass is 9.89. The minimum absolute atomic E-state index is 0.123. The number of carbonyl (C=O) groups is 1. The van der Waals surface area contributed by atoms with Crippen LogP contribution in [0.25, 0.3) is 0 Å². The van der Waals surface area contributed by atoms with Gasteiger partial charge in [0.1, 0.15) is 5.75 Å². The molecule has 0 spiro atoms. The molecule has 3 heteroatoms. The van der Waals surface area contributed by atoms with Crippen LogP contribution in [0.15, 0.2) is 18.2 Å². The quantitative estimate of drug-likeness (QED) is 0.796. The molecular formula is C14H20O3. The lowest BCUT2D eigenvalue weighted by molar-refractivity contribution is -0.137. The number of benzene rings is 1. The average molecular weight is 236 g/mol. The van der Waals surface area contributed by atoms with Crippen LogP contribution in [0, 0.1) is 0 Å². The maximum Gasteiger partial charge on any atom is 0.303 e. The van der Waals surface area contributed by atoms with Crippen LogP contribution in [-0.4, -0.2) is 16.2 Å². The van der Waals surface area contributed by atoms with E-state index >= 15 is 0 Å². The third kappa shape index (κ3) is 3.77. The van der Waals surface area contributed by atoms with Crippen molar-refractivity contribution in [3.05, 3.63) is 29.3 Å². The van der Waals surface area contributed by atoms with Gasteiger partial charge >= 0.3 is 5.97 Å². The summed E-state index contributed by atoms with van der Waals surface area (Å²) < 4.78 is 0. The molecule has 0 saturated heterocycles. The molecule has 0 heterocycles. The van der Waals surface area contributed by atoms with Gasteiger partial charge in [0.2, 0.25) is 0 Å². The Bertz CT molecular complexity index is 385. The molecule has 94 valence electrons. The number of aliphatic carboxylic acids is 1. The van der Waals surface area contributed by atoms with Gasteiger partial charge < -0.3 is 10.2 Å². The zero-order valence-corrected chi connectivity index (χ0v) is 10.4. The molecule has 0 aliphatic carbocycles. The van der Waals surface area contributed by atoms with E-state index in [2.05, 4.69) is 6.92 Å². The largest absolute Gasteiger partial charge is 0.508 e. The summed E-state index contributed by atoms with van der Waals surface area (Å²) in [5.74, 6) is -0.383. The Balaban J connectivity index is 2.89. The first kappa shape index (κ1) is 13.6. The molecular weight excluding hydrogens is 216 g/mol. The molecule has 0 saturated carbocycles. The Hall–Kier alpha value is -1.51. The lowest BCUT2D eigenvalue weighted by Gasteiger charge is -2.16. The van der Waals surface area contributed by atoms with Gasteiger partial charge in [-0.05, 0) is 42.4 Å². The second-order valence-corrected chi connectivity index (χ2v) is 4.28. The maximum atomic E-state index is 10.6. The van der Waals surface area contributed by atoms with Crippen molar-refractivity contribution in [2.75, 3.05) is 0 Å². The molecule has 1 rings (SSSR count). The Morgan fingerprint density at radius 2 is 2.06 bits per heavy atom. The number of rotatable bonds is 6. The maximum absolute atomic E-state index is 10.6. The molecule has 17 heavy (non-hydrogen) atoms. The number of hydrogen-bond donors (Lipinski definition) is 2. The third-order valence-electron chi connectivity index (χ3n) is 3.14. The van der Waals surface area contributed by atoms with Gasteiger partial charge in [-0.25, -0.2) is 0 Å². The summed E-state index contributed by atoms with van der Waals surface area (Å²) in [6.07, 6.45) is 2.48. The van der Waals surface area contributed by atoms with Gasteiger partial charge in [-0.15, -0.1) is 0 Å². The van der Waals surface area contributed by atoms with Crippen LogP contribution in [-0.2, 0) is 11.2 Å². The summed E-state index contributed by atoms with van der Waals surface area (Å²) in [4.78, 5) is 10.6. The monoisotopic (exact) mass is 236 g/mol. The van der Waals surface area contributed by atoms with Crippen molar-refractivity contribution in [2.45, 2.75) is 45.4 Å². The highest BCUT2D eigenvalue weighted by molar-refractivity contribution is 5.66. The van der Waals surface area contributed by atoms with Crippen molar-refractivity contribution >= 4 is 5.97 Å². The van der Waals surface area contributed by atoms with E-state index in [1.807, 2.05) is 19.1 Å². The minimum Gasteiger partial charge on any atom is -0.508 e. The van der Waals surface area contributed by atoms with Crippen molar-refractivity contribution in [1.29, 1.82) is 0 Å². The molecule has 1 aromatic carbocycles. The SMILES string of the molecule is CCc1ccc(O)c(C(CC)CCC(=O)O)c1. The molecule has 0 aliphatic heterocycles. The van der Waals surface area contributed by atoms with Crippen molar-refractivity contribution in [2.24, 2.45) is 0 Å². The van der Waals surface area contributed by atoms with Crippen LogP contribution in [0.5, 0.6) is 5.75 Å². The van der Waals surface area contributed by atoms with Crippen LogP contribution in [0.4, 0.5) is 0 Å². The number of hydrogen-bond acceptors (Lipinski definition) is 2. The van der Waals surface area contributed by atoms with E-state index in [0.29, 0.717) is 6.42 Å². The molecule has 0 aromatic heterocycles. The number of carboxylic acid groups (broad SMARTS) is 1. The van der Waals surface area contributed by atoms with Crippen LogP contribution in [0.1, 0.15) is 50.2 Å². The van der Waals surface area contributed by atoms with Crippen molar-refractivity contribution in [3.63, 3.8) is 0 Å². The summed E-state index contributed by atoms with van der Waals surface area (Å²) in [6.45, 7) is 4.08. The van der Waals surface area contributed by atoms with Crippen LogP contribution >= 0.6 is 0 Å². The second-order valence-electron chi connectivity index (χ2n) is 4.28. The normalized spacial score (nSPS) is 12.4. The predicted octanol–water partition coefficient (Wildman–Crippen LogP) is 3.31. The molecule has 3 nitrogen and oxygen atoms in total. The van der Waals surface area contributed by atoms with Gasteiger partial charge in [-0.3, -0.25) is 4.79 Å². The number of phenols is 1. The van der Waals surface area contributed by atoms with E-state index in [4.69, 9.17) is 5.11 Å². The molecule has 1 unspecified atom stereocenters. The summed E-state index contributed by atoms with van der Waals surface area (Å²) >= 11 is 0. The Morgan fingerprint density at radius 1 is 1.35 bits per heavy atom. The fourth-order valence-electron chi connectivity index (χ4n) is 2.03. The average Bonchev–Trinajstić information content (AvgIpc) is 2.31. The topological polar surface area (TPSA) is 57.5 Å². The van der Waals surface area contributed by atoms with Gasteiger partial charge in [0.05, 0.1) is 0 Å². The molecule has 0 amide bonds.